The number of hydrogen-bond acceptors (Lipinski definition) is 4. The summed E-state index contributed by atoms with van der Waals surface area (Å²) in [4.78, 5) is 7.93. The molecule has 1 aromatic carbocycles. The highest BCUT2D eigenvalue weighted by Crippen LogP contribution is 2.44. The number of fused-ring (bicyclic) bond motifs is 2. The zero-order valence-corrected chi connectivity index (χ0v) is 18.2. The van der Waals surface area contributed by atoms with Crippen molar-refractivity contribution < 1.29 is 0 Å². The molecule has 3 atom stereocenters. The highest BCUT2D eigenvalue weighted by Gasteiger charge is 2.40. The average Bonchev–Trinajstić information content (AvgIpc) is 3.16. The van der Waals surface area contributed by atoms with E-state index in [2.05, 4.69) is 51.0 Å². The van der Waals surface area contributed by atoms with Crippen molar-refractivity contribution in [2.24, 2.45) is 11.8 Å². The van der Waals surface area contributed by atoms with Gasteiger partial charge < -0.3 is 15.1 Å². The molecule has 0 amide bonds. The molecule has 5 rings (SSSR count). The van der Waals surface area contributed by atoms with Crippen molar-refractivity contribution in [1.82, 2.24) is 10.2 Å². The quantitative estimate of drug-likeness (QED) is 0.794. The van der Waals surface area contributed by atoms with E-state index in [0.29, 0.717) is 6.04 Å². The van der Waals surface area contributed by atoms with Crippen LogP contribution in [0, 0.1) is 18.5 Å². The number of anilines is 2. The van der Waals surface area contributed by atoms with Crippen LogP contribution in [0.4, 0.5) is 11.4 Å². The van der Waals surface area contributed by atoms with Crippen molar-refractivity contribution in [3.8, 4) is 0 Å². The fraction of sp³-hybridized carbons (Fsp3) is 0.720. The molecule has 3 fully saturated rings. The second-order valence-corrected chi connectivity index (χ2v) is 9.78. The minimum Gasteiger partial charge on any atom is -0.345 e. The SMILES string of the molecule is CNCCN1[CH]N(C2CCN(C3CCCC4CCCCC43)CC2)c2ccccc21. The van der Waals surface area contributed by atoms with Gasteiger partial charge in [0, 0.05) is 38.3 Å². The molecule has 3 unspecified atom stereocenters. The van der Waals surface area contributed by atoms with Gasteiger partial charge in [0.2, 0.25) is 0 Å². The molecule has 2 saturated carbocycles. The van der Waals surface area contributed by atoms with Gasteiger partial charge in [-0.3, -0.25) is 4.90 Å². The molecule has 2 aliphatic heterocycles. The lowest BCUT2D eigenvalue weighted by Crippen LogP contribution is -2.52. The lowest BCUT2D eigenvalue weighted by molar-refractivity contribution is 0.0272. The van der Waals surface area contributed by atoms with Gasteiger partial charge in [-0.15, -0.1) is 0 Å². The van der Waals surface area contributed by atoms with Crippen LogP contribution >= 0.6 is 0 Å². The van der Waals surface area contributed by atoms with Gasteiger partial charge in [-0.05, 0) is 56.7 Å². The molecule has 1 radical (unpaired) electrons. The van der Waals surface area contributed by atoms with E-state index >= 15 is 0 Å². The number of nitrogens with one attached hydrogen (secondary N) is 1. The molecule has 1 N–H and O–H groups in total. The van der Waals surface area contributed by atoms with Crippen LogP contribution in [0.2, 0.25) is 0 Å². The third-order valence-corrected chi connectivity index (χ3v) is 8.23. The largest absolute Gasteiger partial charge is 0.345 e. The van der Waals surface area contributed by atoms with Crippen molar-refractivity contribution in [3.63, 3.8) is 0 Å². The summed E-state index contributed by atoms with van der Waals surface area (Å²) >= 11 is 0. The van der Waals surface area contributed by atoms with Crippen LogP contribution in [0.25, 0.3) is 0 Å². The minimum absolute atomic E-state index is 0.651. The first-order chi connectivity index (χ1) is 14.3. The van der Waals surface area contributed by atoms with E-state index in [4.69, 9.17) is 0 Å². The molecule has 0 spiro atoms. The lowest BCUT2D eigenvalue weighted by Gasteiger charge is -2.49. The van der Waals surface area contributed by atoms with E-state index in [1.165, 1.54) is 82.3 Å². The van der Waals surface area contributed by atoms with Gasteiger partial charge in [-0.2, -0.15) is 0 Å². The van der Waals surface area contributed by atoms with Crippen molar-refractivity contribution in [2.45, 2.75) is 69.9 Å². The van der Waals surface area contributed by atoms with Crippen molar-refractivity contribution >= 4 is 11.4 Å². The Kier molecular flexibility index (Phi) is 6.01. The smallest absolute Gasteiger partial charge is 0.142 e. The molecule has 29 heavy (non-hydrogen) atoms. The number of benzene rings is 1. The number of hydrogen-bond donors (Lipinski definition) is 1. The van der Waals surface area contributed by atoms with E-state index in [9.17, 15) is 0 Å². The van der Waals surface area contributed by atoms with Crippen LogP contribution in [-0.4, -0.2) is 50.2 Å². The Bertz CT molecular complexity index is 667. The summed E-state index contributed by atoms with van der Waals surface area (Å²) in [6.07, 6.45) is 13.0. The van der Waals surface area contributed by atoms with Crippen LogP contribution < -0.4 is 15.1 Å². The first kappa shape index (κ1) is 19.7. The molecule has 4 nitrogen and oxygen atoms in total. The Morgan fingerprint density at radius 3 is 2.48 bits per heavy atom. The number of rotatable bonds is 5. The maximum Gasteiger partial charge on any atom is 0.142 e. The van der Waals surface area contributed by atoms with Crippen molar-refractivity contribution in [2.75, 3.05) is 43.0 Å². The maximum absolute atomic E-state index is 3.30. The fourth-order valence-electron chi connectivity index (χ4n) is 6.75. The molecule has 2 heterocycles. The highest BCUT2D eigenvalue weighted by atomic mass is 15.4. The molecular weight excluding hydrogens is 356 g/mol. The number of nitrogens with zero attached hydrogens (tertiary/aromatic N) is 3. The van der Waals surface area contributed by atoms with Gasteiger partial charge in [0.1, 0.15) is 6.67 Å². The number of para-hydroxylation sites is 2. The standard InChI is InChI=1S/C25H39N4/c1-26-15-18-28-19-29(25-11-5-4-10-24(25)28)21-13-16-27(17-14-21)23-12-6-8-20-7-2-3-9-22(20)23/h4-5,10-11,19-23,26H,2-3,6-9,12-18H2,1H3. The summed E-state index contributed by atoms with van der Waals surface area (Å²) in [6, 6.07) is 10.5. The minimum atomic E-state index is 0.651. The number of piperidine rings is 1. The molecule has 159 valence electrons. The molecule has 2 aliphatic carbocycles. The Morgan fingerprint density at radius 1 is 0.897 bits per heavy atom. The van der Waals surface area contributed by atoms with Crippen LogP contribution in [0.15, 0.2) is 24.3 Å². The monoisotopic (exact) mass is 395 g/mol. The van der Waals surface area contributed by atoms with Gasteiger partial charge in [-0.25, -0.2) is 0 Å². The van der Waals surface area contributed by atoms with Gasteiger partial charge in [0.25, 0.3) is 0 Å². The highest BCUT2D eigenvalue weighted by molar-refractivity contribution is 5.79. The van der Waals surface area contributed by atoms with Gasteiger partial charge in [0.05, 0.1) is 11.4 Å². The lowest BCUT2D eigenvalue weighted by atomic mass is 9.67. The van der Waals surface area contributed by atoms with Gasteiger partial charge >= 0.3 is 0 Å². The summed E-state index contributed by atoms with van der Waals surface area (Å²) in [7, 11) is 2.04. The molecule has 4 heteroatoms. The van der Waals surface area contributed by atoms with Crippen LogP contribution in [0.5, 0.6) is 0 Å². The van der Waals surface area contributed by atoms with E-state index in [1.54, 1.807) is 0 Å². The summed E-state index contributed by atoms with van der Waals surface area (Å²) in [5.41, 5.74) is 2.79. The average molecular weight is 396 g/mol. The summed E-state index contributed by atoms with van der Waals surface area (Å²) in [5, 5.41) is 3.30. The van der Waals surface area contributed by atoms with Crippen LogP contribution in [-0.2, 0) is 0 Å². The normalized spacial score (nSPS) is 31.0. The zero-order valence-electron chi connectivity index (χ0n) is 18.2. The predicted molar refractivity (Wildman–Crippen MR) is 122 cm³/mol. The first-order valence-electron chi connectivity index (χ1n) is 12.2. The van der Waals surface area contributed by atoms with Crippen LogP contribution in [0.1, 0.15) is 57.8 Å². The second-order valence-electron chi connectivity index (χ2n) is 9.78. The predicted octanol–water partition coefficient (Wildman–Crippen LogP) is 4.47. The molecular formula is C25H39N4. The molecule has 1 aromatic rings. The zero-order chi connectivity index (χ0) is 19.6. The van der Waals surface area contributed by atoms with Gasteiger partial charge in [0.15, 0.2) is 0 Å². The number of likely N-dealkylation sites (tertiary alicyclic amines) is 1. The van der Waals surface area contributed by atoms with Crippen molar-refractivity contribution in [1.29, 1.82) is 0 Å². The van der Waals surface area contributed by atoms with Crippen molar-refractivity contribution in [3.05, 3.63) is 30.9 Å². The molecule has 0 bridgehead atoms. The van der Waals surface area contributed by atoms with Crippen LogP contribution in [0.3, 0.4) is 0 Å². The fourth-order valence-corrected chi connectivity index (χ4v) is 6.75. The maximum atomic E-state index is 3.30. The summed E-state index contributed by atoms with van der Waals surface area (Å²) < 4.78 is 0. The third kappa shape index (κ3) is 3.90. The Balaban J connectivity index is 1.23. The van der Waals surface area contributed by atoms with E-state index < -0.39 is 0 Å². The number of likely N-dealkylation sites (N-methyl/N-ethyl adjacent to an activating group) is 1. The van der Waals surface area contributed by atoms with E-state index in [1.807, 2.05) is 7.05 Å². The molecule has 0 aromatic heterocycles. The van der Waals surface area contributed by atoms with Gasteiger partial charge in [-0.1, -0.05) is 44.2 Å². The van der Waals surface area contributed by atoms with E-state index in [0.717, 1.165) is 31.0 Å². The summed E-state index contributed by atoms with van der Waals surface area (Å²) in [6.45, 7) is 7.03. The summed E-state index contributed by atoms with van der Waals surface area (Å²) in [5.74, 6) is 2.05. The topological polar surface area (TPSA) is 21.8 Å². The second kappa shape index (κ2) is 8.85. The molecule has 1 saturated heterocycles. The Hall–Kier alpha value is -1.26. The third-order valence-electron chi connectivity index (χ3n) is 8.23. The molecule has 4 aliphatic rings. The first-order valence-corrected chi connectivity index (χ1v) is 12.2. The Labute approximate surface area is 177 Å². The van der Waals surface area contributed by atoms with E-state index in [-0.39, 0.29) is 0 Å². The Morgan fingerprint density at radius 2 is 1.66 bits per heavy atom.